The first-order chi connectivity index (χ1) is 4.33. The van der Waals surface area contributed by atoms with Crippen LogP contribution in [0.3, 0.4) is 0 Å². The van der Waals surface area contributed by atoms with Gasteiger partial charge in [0, 0.05) is 0 Å². The van der Waals surface area contributed by atoms with Crippen LogP contribution in [0.5, 0.6) is 0 Å². The highest BCUT2D eigenvalue weighted by molar-refractivity contribution is 5.79. The molecule has 2 heteroatoms. The second-order valence-electron chi connectivity index (χ2n) is 3.48. The highest BCUT2D eigenvalue weighted by Gasteiger charge is 2.17. The molecule has 0 amide bonds. The van der Waals surface area contributed by atoms with E-state index < -0.39 is 0 Å². The molecule has 0 aliphatic rings. The van der Waals surface area contributed by atoms with Crippen LogP contribution in [-0.4, -0.2) is 17.5 Å². The Hall–Kier alpha value is -0.370. The molecule has 0 bridgehead atoms. The van der Waals surface area contributed by atoms with Gasteiger partial charge in [-0.05, 0) is 34.6 Å². The van der Waals surface area contributed by atoms with Gasteiger partial charge in [0.2, 0.25) is 0 Å². The van der Waals surface area contributed by atoms with Gasteiger partial charge < -0.3 is 4.74 Å². The summed E-state index contributed by atoms with van der Waals surface area (Å²) >= 11 is 0. The lowest BCUT2D eigenvalue weighted by Crippen LogP contribution is -2.29. The van der Waals surface area contributed by atoms with Crippen LogP contribution in [0.1, 0.15) is 34.6 Å². The minimum Gasteiger partial charge on any atom is -0.365 e. The average Bonchev–Trinajstić information content (AvgIpc) is 1.60. The van der Waals surface area contributed by atoms with Gasteiger partial charge >= 0.3 is 0 Å². The molecule has 0 aliphatic carbocycles. The van der Waals surface area contributed by atoms with Crippen molar-refractivity contribution in [2.24, 2.45) is 0 Å². The quantitative estimate of drug-likeness (QED) is 0.590. The van der Waals surface area contributed by atoms with E-state index in [1.807, 2.05) is 20.8 Å². The SMILES string of the molecule is CC(=O)C(C)OC(C)(C)C. The first kappa shape index (κ1) is 9.63. The molecular formula is C8H16O2. The van der Waals surface area contributed by atoms with Crippen molar-refractivity contribution in [3.63, 3.8) is 0 Å². The predicted molar refractivity (Wildman–Crippen MR) is 41.0 cm³/mol. The van der Waals surface area contributed by atoms with Crippen LogP contribution in [0.2, 0.25) is 0 Å². The Bertz CT molecular complexity index is 122. The zero-order chi connectivity index (χ0) is 8.36. The molecule has 0 aromatic rings. The first-order valence-electron chi connectivity index (χ1n) is 3.51. The largest absolute Gasteiger partial charge is 0.365 e. The normalized spacial score (nSPS) is 14.9. The molecule has 0 rings (SSSR count). The molecule has 0 saturated heterocycles. The third-order valence-electron chi connectivity index (χ3n) is 1.10. The fraction of sp³-hybridized carbons (Fsp3) is 0.875. The Morgan fingerprint density at radius 2 is 1.80 bits per heavy atom. The zero-order valence-corrected chi connectivity index (χ0v) is 7.39. The molecule has 0 aromatic carbocycles. The summed E-state index contributed by atoms with van der Waals surface area (Å²) in [6, 6.07) is 0. The summed E-state index contributed by atoms with van der Waals surface area (Å²) in [6.07, 6.45) is -0.278. The van der Waals surface area contributed by atoms with E-state index in [-0.39, 0.29) is 17.5 Å². The molecule has 0 N–H and O–H groups in total. The van der Waals surface area contributed by atoms with Crippen LogP contribution in [0.4, 0.5) is 0 Å². The monoisotopic (exact) mass is 144 g/mol. The molecule has 0 spiro atoms. The lowest BCUT2D eigenvalue weighted by molar-refractivity contribution is -0.135. The highest BCUT2D eigenvalue weighted by atomic mass is 16.5. The number of ketones is 1. The van der Waals surface area contributed by atoms with E-state index in [9.17, 15) is 4.79 Å². The maximum Gasteiger partial charge on any atom is 0.158 e. The number of ether oxygens (including phenoxy) is 1. The zero-order valence-electron chi connectivity index (χ0n) is 7.39. The second kappa shape index (κ2) is 3.15. The van der Waals surface area contributed by atoms with Crippen molar-refractivity contribution >= 4 is 5.78 Å². The van der Waals surface area contributed by atoms with Crippen molar-refractivity contribution in [1.29, 1.82) is 0 Å². The van der Waals surface area contributed by atoms with Gasteiger partial charge in [0.1, 0.15) is 6.10 Å². The Morgan fingerprint density at radius 3 is 1.90 bits per heavy atom. The van der Waals surface area contributed by atoms with Crippen molar-refractivity contribution in [3.05, 3.63) is 0 Å². The molecule has 1 atom stereocenters. The van der Waals surface area contributed by atoms with Crippen LogP contribution in [0.25, 0.3) is 0 Å². The van der Waals surface area contributed by atoms with Crippen LogP contribution < -0.4 is 0 Å². The summed E-state index contributed by atoms with van der Waals surface area (Å²) < 4.78 is 5.35. The molecular weight excluding hydrogens is 128 g/mol. The lowest BCUT2D eigenvalue weighted by atomic mass is 10.1. The fourth-order valence-corrected chi connectivity index (χ4v) is 0.613. The number of Topliss-reactive ketones (excluding diaryl/α,β-unsaturated/α-hetero) is 1. The van der Waals surface area contributed by atoms with E-state index in [0.717, 1.165) is 0 Å². The molecule has 2 nitrogen and oxygen atoms in total. The molecule has 0 fully saturated rings. The van der Waals surface area contributed by atoms with Crippen molar-refractivity contribution in [2.75, 3.05) is 0 Å². The van der Waals surface area contributed by atoms with Crippen LogP contribution in [0, 0.1) is 0 Å². The Balaban J connectivity index is 3.80. The van der Waals surface area contributed by atoms with E-state index in [1.54, 1.807) is 6.92 Å². The summed E-state index contributed by atoms with van der Waals surface area (Å²) in [4.78, 5) is 10.7. The van der Waals surface area contributed by atoms with Crippen LogP contribution >= 0.6 is 0 Å². The maximum atomic E-state index is 10.7. The summed E-state index contributed by atoms with van der Waals surface area (Å²) in [6.45, 7) is 9.12. The maximum absolute atomic E-state index is 10.7. The summed E-state index contributed by atoms with van der Waals surface area (Å²) in [5, 5.41) is 0. The van der Waals surface area contributed by atoms with Crippen molar-refractivity contribution in [2.45, 2.75) is 46.3 Å². The van der Waals surface area contributed by atoms with E-state index in [0.29, 0.717) is 0 Å². The van der Waals surface area contributed by atoms with Gasteiger partial charge in [-0.3, -0.25) is 4.79 Å². The summed E-state index contributed by atoms with van der Waals surface area (Å²) in [5.74, 6) is 0.0786. The van der Waals surface area contributed by atoms with E-state index in [4.69, 9.17) is 4.74 Å². The minimum absolute atomic E-state index is 0.0786. The highest BCUT2D eigenvalue weighted by Crippen LogP contribution is 2.10. The second-order valence-corrected chi connectivity index (χ2v) is 3.48. The van der Waals surface area contributed by atoms with Crippen molar-refractivity contribution < 1.29 is 9.53 Å². The van der Waals surface area contributed by atoms with Gasteiger partial charge in [0.25, 0.3) is 0 Å². The smallest absolute Gasteiger partial charge is 0.158 e. The van der Waals surface area contributed by atoms with Gasteiger partial charge in [-0.15, -0.1) is 0 Å². The average molecular weight is 144 g/mol. The number of carbonyl (C=O) groups excluding carboxylic acids is 1. The third-order valence-corrected chi connectivity index (χ3v) is 1.10. The van der Waals surface area contributed by atoms with Crippen molar-refractivity contribution in [3.8, 4) is 0 Å². The molecule has 60 valence electrons. The molecule has 1 unspecified atom stereocenters. The number of carbonyl (C=O) groups is 1. The number of hydrogen-bond donors (Lipinski definition) is 0. The van der Waals surface area contributed by atoms with E-state index in [2.05, 4.69) is 0 Å². The van der Waals surface area contributed by atoms with Crippen LogP contribution in [0.15, 0.2) is 0 Å². The van der Waals surface area contributed by atoms with Gasteiger partial charge in [-0.1, -0.05) is 0 Å². The van der Waals surface area contributed by atoms with Gasteiger partial charge in [0.05, 0.1) is 5.60 Å². The summed E-state index contributed by atoms with van der Waals surface area (Å²) in [7, 11) is 0. The lowest BCUT2D eigenvalue weighted by Gasteiger charge is -2.23. The number of hydrogen-bond acceptors (Lipinski definition) is 2. The minimum atomic E-state index is -0.278. The predicted octanol–water partition coefficient (Wildman–Crippen LogP) is 1.78. The van der Waals surface area contributed by atoms with Crippen molar-refractivity contribution in [1.82, 2.24) is 0 Å². The Morgan fingerprint density at radius 1 is 1.40 bits per heavy atom. The molecule has 0 aromatic heterocycles. The molecule has 0 saturated carbocycles. The van der Waals surface area contributed by atoms with Gasteiger partial charge in [-0.2, -0.15) is 0 Å². The molecule has 0 radical (unpaired) electrons. The standard InChI is InChI=1S/C8H16O2/c1-6(9)7(2)10-8(3,4)5/h7H,1-5H3. The summed E-state index contributed by atoms with van der Waals surface area (Å²) in [5.41, 5.74) is -0.217. The van der Waals surface area contributed by atoms with Crippen LogP contribution in [-0.2, 0) is 9.53 Å². The number of rotatable bonds is 2. The Labute approximate surface area is 62.6 Å². The van der Waals surface area contributed by atoms with Gasteiger partial charge in [-0.25, -0.2) is 0 Å². The Kier molecular flexibility index (Phi) is 3.03. The van der Waals surface area contributed by atoms with Gasteiger partial charge in [0.15, 0.2) is 5.78 Å². The topological polar surface area (TPSA) is 26.3 Å². The third kappa shape index (κ3) is 4.50. The first-order valence-corrected chi connectivity index (χ1v) is 3.51. The van der Waals surface area contributed by atoms with E-state index >= 15 is 0 Å². The molecule has 0 aliphatic heterocycles. The molecule has 10 heavy (non-hydrogen) atoms. The van der Waals surface area contributed by atoms with E-state index in [1.165, 1.54) is 6.92 Å². The molecule has 0 heterocycles. The fourth-order valence-electron chi connectivity index (χ4n) is 0.613.